The molecule has 20 heteroatoms. The van der Waals surface area contributed by atoms with E-state index in [-0.39, 0.29) is 12.8 Å². The summed E-state index contributed by atoms with van der Waals surface area (Å²) in [4.78, 5) is 0. The molecular weight excluding hydrogens is 620 g/mol. The summed E-state index contributed by atoms with van der Waals surface area (Å²) in [6, 6.07) is 0. The third-order valence-electron chi connectivity index (χ3n) is 5.84. The molecule has 0 saturated carbocycles. The number of alkyl halides is 20. The summed E-state index contributed by atoms with van der Waals surface area (Å²) in [7, 11) is 0. The second kappa shape index (κ2) is 11.4. The van der Waals surface area contributed by atoms with Gasteiger partial charge in [-0.25, -0.2) is 0 Å². The van der Waals surface area contributed by atoms with Crippen LogP contribution in [-0.2, 0) is 0 Å². The first-order valence-corrected chi connectivity index (χ1v) is 11.2. The van der Waals surface area contributed by atoms with Gasteiger partial charge in [-0.3, -0.25) is 0 Å². The Morgan fingerprint density at radius 2 is 0.525 bits per heavy atom. The number of halogens is 20. The highest BCUT2D eigenvalue weighted by molar-refractivity contribution is 5.18. The molecule has 0 aromatic rings. The van der Waals surface area contributed by atoms with E-state index in [0.717, 1.165) is 0 Å². The standard InChI is InChI=1S/C20H22F20/c1-3-5-6-7-8-10-12(23,24)14(27,28)16(31,32)18(35,36)20(39,40)19(37,38)17(33,34)15(29,30)13(25,26)11(21,22)9-4-2/h3-10H2,1-2H3. The highest BCUT2D eigenvalue weighted by Crippen LogP contribution is 2.66. The Labute approximate surface area is 213 Å². The van der Waals surface area contributed by atoms with Crippen molar-refractivity contribution in [3.05, 3.63) is 0 Å². The first kappa shape index (κ1) is 38.6. The highest BCUT2D eigenvalue weighted by Gasteiger charge is 2.97. The van der Waals surface area contributed by atoms with Crippen molar-refractivity contribution in [2.24, 2.45) is 0 Å². The number of hydrogen-bond donors (Lipinski definition) is 0. The van der Waals surface area contributed by atoms with E-state index in [0.29, 0.717) is 13.3 Å². The first-order chi connectivity index (χ1) is 17.4. The van der Waals surface area contributed by atoms with Crippen LogP contribution in [0.4, 0.5) is 87.8 Å². The summed E-state index contributed by atoms with van der Waals surface area (Å²) in [6.07, 6.45) is -7.21. The molecule has 0 aliphatic heterocycles. The molecule has 0 saturated heterocycles. The van der Waals surface area contributed by atoms with Crippen molar-refractivity contribution in [3.8, 4) is 0 Å². The van der Waals surface area contributed by atoms with Gasteiger partial charge in [-0.2, -0.15) is 87.8 Å². The molecule has 0 radical (unpaired) electrons. The number of rotatable bonds is 17. The Morgan fingerprint density at radius 1 is 0.275 bits per heavy atom. The minimum atomic E-state index is -8.97. The van der Waals surface area contributed by atoms with Gasteiger partial charge in [-0.05, 0) is 6.42 Å². The average Bonchev–Trinajstić information content (AvgIpc) is 2.77. The lowest BCUT2D eigenvalue weighted by atomic mass is 9.84. The molecular formula is C20H22F20. The van der Waals surface area contributed by atoms with E-state index >= 15 is 0 Å². The predicted octanol–water partition coefficient (Wildman–Crippen LogP) is 10.5. The Morgan fingerprint density at radius 3 is 0.800 bits per heavy atom. The fourth-order valence-electron chi connectivity index (χ4n) is 3.22. The zero-order valence-corrected chi connectivity index (χ0v) is 20.2. The quantitative estimate of drug-likeness (QED) is 0.109. The van der Waals surface area contributed by atoms with Crippen LogP contribution in [0.25, 0.3) is 0 Å². The summed E-state index contributed by atoms with van der Waals surface area (Å²) in [5, 5.41) is 0. The lowest BCUT2D eigenvalue weighted by Crippen LogP contribution is -2.77. The van der Waals surface area contributed by atoms with Crippen LogP contribution < -0.4 is 0 Å². The molecule has 0 aliphatic rings. The van der Waals surface area contributed by atoms with Crippen LogP contribution in [0.3, 0.4) is 0 Å². The van der Waals surface area contributed by atoms with Crippen LogP contribution in [0.1, 0.15) is 65.2 Å². The second-order valence-electron chi connectivity index (χ2n) is 8.92. The zero-order chi connectivity index (χ0) is 32.7. The molecule has 0 atom stereocenters. The van der Waals surface area contributed by atoms with E-state index in [1.807, 2.05) is 0 Å². The maximum atomic E-state index is 13.9. The van der Waals surface area contributed by atoms with Crippen LogP contribution in [0.5, 0.6) is 0 Å². The molecule has 40 heavy (non-hydrogen) atoms. The van der Waals surface area contributed by atoms with Gasteiger partial charge in [0.25, 0.3) is 0 Å². The molecule has 0 aliphatic carbocycles. The van der Waals surface area contributed by atoms with Gasteiger partial charge in [-0.1, -0.05) is 46.0 Å². The summed E-state index contributed by atoms with van der Waals surface area (Å²) >= 11 is 0. The first-order valence-electron chi connectivity index (χ1n) is 11.2. The molecule has 0 fully saturated rings. The topological polar surface area (TPSA) is 0 Å². The summed E-state index contributed by atoms with van der Waals surface area (Å²) < 4.78 is 274. The Hall–Kier alpha value is -1.40. The van der Waals surface area contributed by atoms with Crippen molar-refractivity contribution in [2.45, 2.75) is 124 Å². The lowest BCUT2D eigenvalue weighted by Gasteiger charge is -2.45. The molecule has 0 aromatic heterocycles. The predicted molar refractivity (Wildman–Crippen MR) is 97.8 cm³/mol. The molecule has 0 aromatic carbocycles. The van der Waals surface area contributed by atoms with E-state index in [9.17, 15) is 87.8 Å². The van der Waals surface area contributed by atoms with E-state index in [4.69, 9.17) is 0 Å². The van der Waals surface area contributed by atoms with E-state index in [2.05, 4.69) is 0 Å². The van der Waals surface area contributed by atoms with E-state index < -0.39 is 91.3 Å². The summed E-state index contributed by atoms with van der Waals surface area (Å²) in [6.45, 7) is 2.07. The van der Waals surface area contributed by atoms with Gasteiger partial charge in [0.2, 0.25) is 0 Å². The van der Waals surface area contributed by atoms with Crippen molar-refractivity contribution in [1.29, 1.82) is 0 Å². The molecule has 0 nitrogen and oxygen atoms in total. The van der Waals surface area contributed by atoms with Crippen molar-refractivity contribution in [3.63, 3.8) is 0 Å². The molecule has 0 rings (SSSR count). The minimum Gasteiger partial charge on any atom is -0.200 e. The number of unbranched alkanes of at least 4 members (excludes halogenated alkanes) is 4. The molecule has 0 N–H and O–H groups in total. The van der Waals surface area contributed by atoms with Crippen LogP contribution in [0.15, 0.2) is 0 Å². The van der Waals surface area contributed by atoms with Gasteiger partial charge in [-0.15, -0.1) is 0 Å². The number of hydrogen-bond acceptors (Lipinski definition) is 0. The monoisotopic (exact) mass is 642 g/mol. The second-order valence-corrected chi connectivity index (χ2v) is 8.92. The van der Waals surface area contributed by atoms with Crippen LogP contribution in [-0.4, -0.2) is 59.2 Å². The Kier molecular flexibility index (Phi) is 11.0. The minimum absolute atomic E-state index is 0.0137. The molecule has 0 amide bonds. The van der Waals surface area contributed by atoms with Crippen molar-refractivity contribution < 1.29 is 87.8 Å². The van der Waals surface area contributed by atoms with Crippen LogP contribution >= 0.6 is 0 Å². The average molecular weight is 642 g/mol. The van der Waals surface area contributed by atoms with Gasteiger partial charge in [0, 0.05) is 12.8 Å². The molecule has 0 heterocycles. The van der Waals surface area contributed by atoms with Crippen molar-refractivity contribution in [2.75, 3.05) is 0 Å². The van der Waals surface area contributed by atoms with Gasteiger partial charge >= 0.3 is 59.2 Å². The molecule has 0 unspecified atom stereocenters. The van der Waals surface area contributed by atoms with Crippen LogP contribution in [0, 0.1) is 0 Å². The zero-order valence-electron chi connectivity index (χ0n) is 20.2. The lowest BCUT2D eigenvalue weighted by molar-refractivity contribution is -0.469. The van der Waals surface area contributed by atoms with Crippen LogP contribution in [0.2, 0.25) is 0 Å². The normalized spacial score (nSPS) is 16.1. The van der Waals surface area contributed by atoms with E-state index in [1.54, 1.807) is 6.92 Å². The molecule has 242 valence electrons. The van der Waals surface area contributed by atoms with Gasteiger partial charge in [0.1, 0.15) is 0 Å². The SMILES string of the molecule is CCCCCCCC(F)(F)C(F)(F)C(F)(F)C(F)(F)C(F)(F)C(F)(F)C(F)(F)C(F)(F)C(F)(F)C(F)(F)CCC. The van der Waals surface area contributed by atoms with Crippen molar-refractivity contribution in [1.82, 2.24) is 0 Å². The van der Waals surface area contributed by atoms with Crippen molar-refractivity contribution >= 4 is 0 Å². The van der Waals surface area contributed by atoms with E-state index in [1.165, 1.54) is 0 Å². The molecule has 0 spiro atoms. The van der Waals surface area contributed by atoms with Gasteiger partial charge < -0.3 is 0 Å². The smallest absolute Gasteiger partial charge is 0.200 e. The third kappa shape index (κ3) is 5.53. The van der Waals surface area contributed by atoms with Gasteiger partial charge in [0.05, 0.1) is 0 Å². The Balaban J connectivity index is 6.76. The fourth-order valence-corrected chi connectivity index (χ4v) is 3.22. The third-order valence-corrected chi connectivity index (χ3v) is 5.84. The largest absolute Gasteiger partial charge is 0.385 e. The summed E-state index contributed by atoms with van der Waals surface area (Å²) in [5.41, 5.74) is 0. The maximum Gasteiger partial charge on any atom is 0.385 e. The Bertz CT molecular complexity index is 828. The van der Waals surface area contributed by atoms with Gasteiger partial charge in [0.15, 0.2) is 0 Å². The fraction of sp³-hybridized carbons (Fsp3) is 1.00. The summed E-state index contributed by atoms with van der Waals surface area (Å²) in [5.74, 6) is -80.8. The maximum absolute atomic E-state index is 13.9. The molecule has 0 bridgehead atoms. The highest BCUT2D eigenvalue weighted by atomic mass is 19.4.